The smallest absolute Gasteiger partial charge is 0.393 e. The summed E-state index contributed by atoms with van der Waals surface area (Å²) < 4.78 is 79.7. The molecule has 10 heteroatoms. The van der Waals surface area contributed by atoms with Crippen molar-refractivity contribution < 1.29 is 46.8 Å². The zero-order chi connectivity index (χ0) is 31.8. The molecule has 0 aromatic heterocycles. The van der Waals surface area contributed by atoms with E-state index in [0.29, 0.717) is 38.5 Å². The van der Waals surface area contributed by atoms with E-state index in [0.717, 1.165) is 37.7 Å². The molecular formula is C32H46F6O4. The topological polar surface area (TPSA) is 80.9 Å². The van der Waals surface area contributed by atoms with Crippen molar-refractivity contribution >= 4 is 0 Å². The molecule has 0 aliphatic heterocycles. The molecule has 3 fully saturated rings. The third kappa shape index (κ3) is 7.75. The molecule has 42 heavy (non-hydrogen) atoms. The summed E-state index contributed by atoms with van der Waals surface area (Å²) in [5.74, 6) is 3.42. The van der Waals surface area contributed by atoms with Gasteiger partial charge >= 0.3 is 18.0 Å². The lowest BCUT2D eigenvalue weighted by molar-refractivity contribution is -0.343. The Morgan fingerprint density at radius 2 is 1.50 bits per heavy atom. The van der Waals surface area contributed by atoms with E-state index in [2.05, 4.69) is 18.9 Å². The Kier molecular flexibility index (Phi) is 10.4. The summed E-state index contributed by atoms with van der Waals surface area (Å²) >= 11 is 0. The van der Waals surface area contributed by atoms with Crippen LogP contribution in [0.3, 0.4) is 0 Å². The molecule has 0 spiro atoms. The fourth-order valence-corrected chi connectivity index (χ4v) is 7.90. The second kappa shape index (κ2) is 12.5. The fraction of sp³-hybridized carbons (Fsp3) is 0.812. The van der Waals surface area contributed by atoms with Gasteiger partial charge in [-0.1, -0.05) is 49.5 Å². The summed E-state index contributed by atoms with van der Waals surface area (Å²) in [6.45, 7) is 7.34. The van der Waals surface area contributed by atoms with E-state index in [1.807, 2.05) is 13.0 Å². The lowest BCUT2D eigenvalue weighted by Gasteiger charge is -2.49. The van der Waals surface area contributed by atoms with Gasteiger partial charge in [0.15, 0.2) is 0 Å². The van der Waals surface area contributed by atoms with Crippen LogP contribution in [0.2, 0.25) is 0 Å². The van der Waals surface area contributed by atoms with Crippen molar-refractivity contribution in [3.63, 3.8) is 0 Å². The van der Waals surface area contributed by atoms with Crippen LogP contribution in [0, 0.1) is 34.5 Å². The van der Waals surface area contributed by atoms with E-state index < -0.39 is 41.2 Å². The number of hydrogen-bond acceptors (Lipinski definition) is 4. The molecule has 3 saturated carbocycles. The predicted octanol–water partition coefficient (Wildman–Crippen LogP) is 7.16. The second-order valence-electron chi connectivity index (χ2n) is 14.1. The summed E-state index contributed by atoms with van der Waals surface area (Å²) in [4.78, 5) is 0. The van der Waals surface area contributed by atoms with E-state index >= 15 is 0 Å². The highest BCUT2D eigenvalue weighted by atomic mass is 19.4. The van der Waals surface area contributed by atoms with Gasteiger partial charge in [0.2, 0.25) is 0 Å². The molecule has 4 N–H and O–H groups in total. The van der Waals surface area contributed by atoms with Gasteiger partial charge < -0.3 is 20.4 Å². The molecule has 0 aromatic rings. The van der Waals surface area contributed by atoms with Crippen LogP contribution < -0.4 is 0 Å². The monoisotopic (exact) mass is 608 g/mol. The lowest BCUT2D eigenvalue weighted by atomic mass is 9.55. The minimum Gasteiger partial charge on any atom is -0.393 e. The minimum absolute atomic E-state index is 0.0503. The maximum absolute atomic E-state index is 13.3. The summed E-state index contributed by atoms with van der Waals surface area (Å²) in [7, 11) is 0. The largest absolute Gasteiger partial charge is 0.438 e. The van der Waals surface area contributed by atoms with Crippen LogP contribution in [0.1, 0.15) is 105 Å². The molecule has 6 atom stereocenters. The molecular weight excluding hydrogens is 562 g/mol. The lowest BCUT2D eigenvalue weighted by Crippen LogP contribution is -2.55. The van der Waals surface area contributed by atoms with Gasteiger partial charge in [0, 0.05) is 6.42 Å². The summed E-state index contributed by atoms with van der Waals surface area (Å²) in [6.07, 6.45) is -2.41. The van der Waals surface area contributed by atoms with Crippen LogP contribution in [-0.2, 0) is 0 Å². The predicted molar refractivity (Wildman–Crippen MR) is 148 cm³/mol. The highest BCUT2D eigenvalue weighted by Crippen LogP contribution is 2.63. The van der Waals surface area contributed by atoms with E-state index in [4.69, 9.17) is 0 Å². The zero-order valence-electron chi connectivity index (χ0n) is 25.0. The number of aliphatic hydroxyl groups excluding tert-OH is 2. The first kappa shape index (κ1) is 34.9. The molecule has 3 aliphatic carbocycles. The Balaban J connectivity index is 1.93. The van der Waals surface area contributed by atoms with Crippen molar-refractivity contribution in [2.24, 2.45) is 22.7 Å². The van der Waals surface area contributed by atoms with E-state index in [1.165, 1.54) is 11.5 Å². The third-order valence-electron chi connectivity index (χ3n) is 10.00. The maximum atomic E-state index is 13.3. The van der Waals surface area contributed by atoms with Crippen LogP contribution in [0.5, 0.6) is 0 Å². The van der Waals surface area contributed by atoms with Gasteiger partial charge in [0.1, 0.15) is 0 Å². The highest BCUT2D eigenvalue weighted by molar-refractivity contribution is 5.27. The van der Waals surface area contributed by atoms with E-state index in [1.54, 1.807) is 13.8 Å². The fourth-order valence-electron chi connectivity index (χ4n) is 7.90. The molecule has 0 saturated heterocycles. The number of hydrogen-bond donors (Lipinski definition) is 4. The first-order valence-electron chi connectivity index (χ1n) is 14.9. The second-order valence-corrected chi connectivity index (χ2v) is 14.1. The Bertz CT molecular complexity index is 1050. The Morgan fingerprint density at radius 1 is 0.905 bits per heavy atom. The van der Waals surface area contributed by atoms with Crippen molar-refractivity contribution in [1.29, 1.82) is 0 Å². The van der Waals surface area contributed by atoms with Gasteiger partial charge in [-0.2, -0.15) is 26.3 Å². The van der Waals surface area contributed by atoms with Crippen LogP contribution in [0.15, 0.2) is 23.3 Å². The Hall–Kier alpha value is -1.54. The highest BCUT2D eigenvalue weighted by Gasteiger charge is 2.70. The molecule has 3 rings (SSSR count). The first-order valence-corrected chi connectivity index (χ1v) is 14.9. The van der Waals surface area contributed by atoms with Crippen LogP contribution in [0.4, 0.5) is 26.3 Å². The SMILES string of the molecule is CC(C)(O)CCCC(C)(CC#CC(O)(C(F)(F)F)C(F)(F)F)C1CCC2/C(=C/C=C3C[C@@H](O)C[C@H](O)C3)CCC[C@@]21C. The van der Waals surface area contributed by atoms with Crippen molar-refractivity contribution in [2.45, 2.75) is 141 Å². The number of fused-ring (bicyclic) bond motifs is 1. The molecule has 0 bridgehead atoms. The average molecular weight is 609 g/mol. The number of aliphatic hydroxyl groups is 4. The Labute approximate surface area is 245 Å². The molecule has 0 heterocycles. The maximum Gasteiger partial charge on any atom is 0.438 e. The molecule has 4 nitrogen and oxygen atoms in total. The average Bonchev–Trinajstić information content (AvgIpc) is 3.18. The van der Waals surface area contributed by atoms with Gasteiger partial charge in [0.05, 0.1) is 17.8 Å². The van der Waals surface area contributed by atoms with Gasteiger partial charge in [-0.25, -0.2) is 0 Å². The van der Waals surface area contributed by atoms with Crippen LogP contribution in [-0.4, -0.2) is 56.2 Å². The minimum atomic E-state index is -6.00. The number of alkyl halides is 6. The molecule has 3 unspecified atom stereocenters. The van der Waals surface area contributed by atoms with Crippen LogP contribution >= 0.6 is 0 Å². The van der Waals surface area contributed by atoms with Gasteiger partial charge in [-0.05, 0) is 107 Å². The number of allylic oxidation sites excluding steroid dienone is 3. The van der Waals surface area contributed by atoms with Crippen molar-refractivity contribution in [1.82, 2.24) is 0 Å². The molecule has 240 valence electrons. The summed E-state index contributed by atoms with van der Waals surface area (Å²) in [5, 5.41) is 39.9. The van der Waals surface area contributed by atoms with Gasteiger partial charge in [-0.3, -0.25) is 0 Å². The van der Waals surface area contributed by atoms with Crippen molar-refractivity contribution in [2.75, 3.05) is 0 Å². The normalized spacial score (nSPS) is 31.8. The number of halogens is 6. The van der Waals surface area contributed by atoms with Gasteiger partial charge in [-0.15, -0.1) is 0 Å². The molecule has 0 aromatic carbocycles. The van der Waals surface area contributed by atoms with Crippen LogP contribution in [0.25, 0.3) is 0 Å². The first-order chi connectivity index (χ1) is 19.1. The molecule has 3 aliphatic rings. The van der Waals surface area contributed by atoms with E-state index in [-0.39, 0.29) is 23.7 Å². The van der Waals surface area contributed by atoms with E-state index in [9.17, 15) is 46.8 Å². The third-order valence-corrected chi connectivity index (χ3v) is 10.00. The van der Waals surface area contributed by atoms with Gasteiger partial charge in [0.25, 0.3) is 0 Å². The van der Waals surface area contributed by atoms with Crippen molar-refractivity contribution in [3.8, 4) is 11.8 Å². The quantitative estimate of drug-likeness (QED) is 0.183. The summed E-state index contributed by atoms with van der Waals surface area (Å²) in [6, 6.07) is 0. The Morgan fingerprint density at radius 3 is 2.05 bits per heavy atom. The number of rotatable bonds is 7. The zero-order valence-corrected chi connectivity index (χ0v) is 25.0. The standard InChI is InChI=1S/C32H46F6O4/c1-27(2,41)13-6-14-28(3,15-7-17-30(42,31(33,34)35)32(36,37)38)26-12-11-25-22(8-5-16-29(25,26)4)10-9-21-18-23(39)20-24(40)19-21/h9-10,23-26,39-42H,5-6,8,11-16,18-20H2,1-4H3/b22-10+/t23-,24-,25?,26?,28?,29+/m1/s1. The molecule has 0 amide bonds. The van der Waals surface area contributed by atoms with Crippen molar-refractivity contribution in [3.05, 3.63) is 23.3 Å². The molecule has 0 radical (unpaired) electrons. The summed E-state index contributed by atoms with van der Waals surface area (Å²) in [5.41, 5.74) is -4.88.